The zero-order valence-corrected chi connectivity index (χ0v) is 15.1. The molecular weight excluding hydrogens is 387 g/mol. The normalized spacial score (nSPS) is 16.9. The molecule has 2 aromatic rings. The van der Waals surface area contributed by atoms with Gasteiger partial charge in [0.15, 0.2) is 10.8 Å². The van der Waals surface area contributed by atoms with Crippen LogP contribution in [0.3, 0.4) is 0 Å². The molecule has 0 spiro atoms. The van der Waals surface area contributed by atoms with Crippen LogP contribution in [0.15, 0.2) is 24.3 Å². The minimum atomic E-state index is -4.39. The Kier molecular flexibility index (Phi) is 5.42. The Morgan fingerprint density at radius 2 is 2.08 bits per heavy atom. The number of rotatable bonds is 4. The molecule has 0 unspecified atom stereocenters. The fraction of sp³-hybridized carbons (Fsp3) is 0.412. The van der Waals surface area contributed by atoms with E-state index in [1.807, 2.05) is 6.07 Å². The van der Waals surface area contributed by atoms with Crippen LogP contribution < -0.4 is 5.32 Å². The lowest BCUT2D eigenvalue weighted by Crippen LogP contribution is -2.40. The maximum absolute atomic E-state index is 13.1. The number of alkyl halides is 3. The second-order valence-electron chi connectivity index (χ2n) is 6.08. The van der Waals surface area contributed by atoms with E-state index in [4.69, 9.17) is 21.6 Å². The lowest BCUT2D eigenvalue weighted by atomic mass is 9.73. The molecule has 0 aliphatic carbocycles. The molecule has 1 N–H and O–H groups in total. The van der Waals surface area contributed by atoms with Gasteiger partial charge < -0.3 is 10.1 Å². The summed E-state index contributed by atoms with van der Waals surface area (Å²) in [6, 6.07) is 7.34. The number of anilines is 1. The van der Waals surface area contributed by atoms with Crippen molar-refractivity contribution in [3.05, 3.63) is 45.4 Å². The molecule has 1 aromatic heterocycles. The van der Waals surface area contributed by atoms with Gasteiger partial charge in [0.25, 0.3) is 0 Å². The molecule has 1 saturated heterocycles. The molecule has 1 aliphatic rings. The molecule has 1 fully saturated rings. The Labute approximate surface area is 157 Å². The van der Waals surface area contributed by atoms with Gasteiger partial charge in [-0.15, -0.1) is 0 Å². The Morgan fingerprint density at radius 1 is 1.35 bits per heavy atom. The minimum Gasteiger partial charge on any atom is -0.381 e. The van der Waals surface area contributed by atoms with Crippen molar-refractivity contribution in [2.75, 3.05) is 25.1 Å². The zero-order valence-electron chi connectivity index (χ0n) is 13.6. The number of ether oxygens (including phenoxy) is 1. The first kappa shape index (κ1) is 19.0. The highest BCUT2D eigenvalue weighted by Gasteiger charge is 2.37. The summed E-state index contributed by atoms with van der Waals surface area (Å²) in [6.07, 6.45) is -3.21. The van der Waals surface area contributed by atoms with Gasteiger partial charge in [0.1, 0.15) is 10.4 Å². The van der Waals surface area contributed by atoms with Crippen LogP contribution in [0.4, 0.5) is 18.3 Å². The molecule has 4 nitrogen and oxygen atoms in total. The largest absolute Gasteiger partial charge is 0.416 e. The van der Waals surface area contributed by atoms with Crippen molar-refractivity contribution >= 4 is 28.1 Å². The van der Waals surface area contributed by atoms with Crippen molar-refractivity contribution in [3.8, 4) is 6.07 Å². The Bertz CT molecular complexity index is 825. The number of halogens is 4. The quantitative estimate of drug-likeness (QED) is 0.795. The summed E-state index contributed by atoms with van der Waals surface area (Å²) in [5.74, 6) is 0. The minimum absolute atomic E-state index is 0.138. The van der Waals surface area contributed by atoms with Gasteiger partial charge in [-0.2, -0.15) is 18.4 Å². The van der Waals surface area contributed by atoms with Crippen molar-refractivity contribution in [3.63, 3.8) is 0 Å². The number of nitrogens with zero attached hydrogens (tertiary/aromatic N) is 2. The highest BCUT2D eigenvalue weighted by Crippen LogP contribution is 2.39. The molecule has 0 amide bonds. The van der Waals surface area contributed by atoms with Crippen LogP contribution in [-0.2, 0) is 16.3 Å². The molecule has 0 saturated carbocycles. The van der Waals surface area contributed by atoms with Crippen LogP contribution in [0.1, 0.15) is 29.7 Å². The van der Waals surface area contributed by atoms with E-state index in [-0.39, 0.29) is 10.0 Å². The number of aromatic nitrogens is 1. The van der Waals surface area contributed by atoms with Crippen LogP contribution in [0.25, 0.3) is 0 Å². The molecule has 0 radical (unpaired) electrons. The average Bonchev–Trinajstić information content (AvgIpc) is 3.00. The van der Waals surface area contributed by atoms with Gasteiger partial charge in [-0.3, -0.25) is 0 Å². The first-order chi connectivity index (χ1) is 12.3. The Morgan fingerprint density at radius 3 is 2.69 bits per heavy atom. The number of nitrogens with one attached hydrogen (secondary N) is 1. The van der Waals surface area contributed by atoms with Crippen molar-refractivity contribution in [1.29, 1.82) is 5.26 Å². The van der Waals surface area contributed by atoms with E-state index in [9.17, 15) is 13.2 Å². The van der Waals surface area contributed by atoms with Crippen molar-refractivity contribution in [1.82, 2.24) is 4.98 Å². The highest BCUT2D eigenvalue weighted by molar-refractivity contribution is 7.19. The highest BCUT2D eigenvalue weighted by atomic mass is 35.5. The van der Waals surface area contributed by atoms with Crippen molar-refractivity contribution < 1.29 is 17.9 Å². The van der Waals surface area contributed by atoms with E-state index >= 15 is 0 Å². The topological polar surface area (TPSA) is 57.9 Å². The van der Waals surface area contributed by atoms with Gasteiger partial charge in [-0.1, -0.05) is 41.1 Å². The maximum atomic E-state index is 13.1. The number of thiazole rings is 1. The summed E-state index contributed by atoms with van der Waals surface area (Å²) in [5, 5.41) is 12.6. The van der Waals surface area contributed by atoms with E-state index in [0.29, 0.717) is 43.3 Å². The van der Waals surface area contributed by atoms with E-state index in [1.54, 1.807) is 6.07 Å². The fourth-order valence-electron chi connectivity index (χ4n) is 3.05. The third kappa shape index (κ3) is 3.95. The van der Waals surface area contributed by atoms with E-state index < -0.39 is 17.2 Å². The molecule has 2 heterocycles. The summed E-state index contributed by atoms with van der Waals surface area (Å²) >= 11 is 7.08. The van der Waals surface area contributed by atoms with Crippen LogP contribution in [0.5, 0.6) is 0 Å². The third-order valence-electron chi connectivity index (χ3n) is 4.52. The van der Waals surface area contributed by atoms with Crippen LogP contribution in [0, 0.1) is 11.3 Å². The van der Waals surface area contributed by atoms with Gasteiger partial charge >= 0.3 is 6.18 Å². The summed E-state index contributed by atoms with van der Waals surface area (Å²) in [6.45, 7) is 1.33. The molecule has 0 bridgehead atoms. The standard InChI is InChI=1S/C17H15ClF3N3OS/c18-14-13(9-22)24-15(26-14)23-10-16(4-6-25-7-5-16)11-2-1-3-12(8-11)17(19,20)21/h1-3,8H,4-7,10H2,(H,23,24). The summed E-state index contributed by atoms with van der Waals surface area (Å²) in [5.41, 5.74) is -0.416. The predicted octanol–water partition coefficient (Wildman–Crippen LogP) is 4.85. The molecule has 0 atom stereocenters. The van der Waals surface area contributed by atoms with Crippen molar-refractivity contribution in [2.24, 2.45) is 0 Å². The van der Waals surface area contributed by atoms with E-state index in [0.717, 1.165) is 17.4 Å². The molecule has 1 aliphatic heterocycles. The first-order valence-corrected chi connectivity index (χ1v) is 9.09. The third-order valence-corrected chi connectivity index (χ3v) is 5.73. The first-order valence-electron chi connectivity index (χ1n) is 7.90. The van der Waals surface area contributed by atoms with Crippen LogP contribution in [0.2, 0.25) is 4.34 Å². The molecule has 138 valence electrons. The number of benzene rings is 1. The molecule has 3 rings (SSSR count). The van der Waals surface area contributed by atoms with Gasteiger partial charge in [0, 0.05) is 25.2 Å². The monoisotopic (exact) mass is 401 g/mol. The second-order valence-corrected chi connectivity index (χ2v) is 7.68. The summed E-state index contributed by atoms with van der Waals surface area (Å²) in [7, 11) is 0. The molecule has 1 aromatic carbocycles. The Hall–Kier alpha value is -1.82. The number of hydrogen-bond donors (Lipinski definition) is 1. The lowest BCUT2D eigenvalue weighted by Gasteiger charge is -2.38. The summed E-state index contributed by atoms with van der Waals surface area (Å²) in [4.78, 5) is 4.10. The van der Waals surface area contributed by atoms with Gasteiger partial charge in [0.05, 0.1) is 5.56 Å². The average molecular weight is 402 g/mol. The second kappa shape index (κ2) is 7.43. The maximum Gasteiger partial charge on any atom is 0.416 e. The van der Waals surface area contributed by atoms with E-state index in [2.05, 4.69) is 10.3 Å². The summed E-state index contributed by atoms with van der Waals surface area (Å²) < 4.78 is 45.0. The van der Waals surface area contributed by atoms with Gasteiger partial charge in [-0.05, 0) is 24.5 Å². The van der Waals surface area contributed by atoms with Crippen LogP contribution in [-0.4, -0.2) is 24.7 Å². The van der Waals surface area contributed by atoms with Crippen molar-refractivity contribution in [2.45, 2.75) is 24.4 Å². The number of hydrogen-bond acceptors (Lipinski definition) is 5. The van der Waals surface area contributed by atoms with Crippen LogP contribution >= 0.6 is 22.9 Å². The Balaban J connectivity index is 1.88. The van der Waals surface area contributed by atoms with E-state index in [1.165, 1.54) is 12.1 Å². The SMILES string of the molecule is N#Cc1nc(NCC2(c3cccc(C(F)(F)F)c3)CCOCC2)sc1Cl. The molecular formula is C17H15ClF3N3OS. The zero-order chi connectivity index (χ0) is 18.8. The molecule has 9 heteroatoms. The lowest BCUT2D eigenvalue weighted by molar-refractivity contribution is -0.137. The van der Waals surface area contributed by atoms with Gasteiger partial charge in [0.2, 0.25) is 0 Å². The smallest absolute Gasteiger partial charge is 0.381 e. The predicted molar refractivity (Wildman–Crippen MR) is 93.5 cm³/mol. The molecule has 26 heavy (non-hydrogen) atoms. The fourth-order valence-corrected chi connectivity index (χ4v) is 3.99. The van der Waals surface area contributed by atoms with Gasteiger partial charge in [-0.25, -0.2) is 4.98 Å². The number of nitriles is 1.